The van der Waals surface area contributed by atoms with Crippen molar-refractivity contribution in [1.29, 1.82) is 0 Å². The van der Waals surface area contributed by atoms with Gasteiger partial charge in [-0.15, -0.1) is 11.3 Å². The second-order valence-corrected chi connectivity index (χ2v) is 8.61. The normalized spacial score (nSPS) is 15.7. The van der Waals surface area contributed by atoms with Gasteiger partial charge < -0.3 is 15.3 Å². The van der Waals surface area contributed by atoms with Gasteiger partial charge in [-0.3, -0.25) is 4.90 Å². The molecule has 0 saturated carbocycles. The zero-order chi connectivity index (χ0) is 19.5. The minimum absolute atomic E-state index is 0.0140. The molecule has 0 spiro atoms. The smallest absolute Gasteiger partial charge is 0.139 e. The van der Waals surface area contributed by atoms with Crippen LogP contribution in [0.15, 0.2) is 36.7 Å². The third kappa shape index (κ3) is 4.03. The topological polar surface area (TPSA) is 64.5 Å². The number of fused-ring (bicyclic) bond motifs is 3. The van der Waals surface area contributed by atoms with Crippen LogP contribution in [-0.4, -0.2) is 65.2 Å². The van der Waals surface area contributed by atoms with Gasteiger partial charge in [-0.1, -0.05) is 30.3 Å². The number of aliphatic hydroxyl groups is 1. The molecule has 1 aromatic carbocycles. The summed E-state index contributed by atoms with van der Waals surface area (Å²) in [5, 5.41) is 14.5. The minimum Gasteiger partial charge on any atom is -0.394 e. The predicted octanol–water partition coefficient (Wildman–Crippen LogP) is 2.76. The molecule has 1 aliphatic rings. The molecule has 1 atom stereocenters. The highest BCUT2D eigenvalue weighted by molar-refractivity contribution is 7.18. The van der Waals surface area contributed by atoms with Gasteiger partial charge in [0.05, 0.1) is 18.0 Å². The van der Waals surface area contributed by atoms with Crippen molar-refractivity contribution in [3.8, 4) is 0 Å². The second kappa shape index (κ2) is 8.53. The van der Waals surface area contributed by atoms with Gasteiger partial charge in [-0.25, -0.2) is 9.97 Å². The average Bonchev–Trinajstić information content (AvgIpc) is 3.09. The molecule has 2 aromatic heterocycles. The van der Waals surface area contributed by atoms with Crippen molar-refractivity contribution in [2.24, 2.45) is 0 Å². The fourth-order valence-corrected chi connectivity index (χ4v) is 4.94. The van der Waals surface area contributed by atoms with E-state index in [1.807, 2.05) is 30.3 Å². The zero-order valence-electron chi connectivity index (χ0n) is 16.4. The highest BCUT2D eigenvalue weighted by Crippen LogP contribution is 2.38. The number of hydrogen-bond acceptors (Lipinski definition) is 7. The molecule has 0 saturated heterocycles. The molecular weight excluding hydrogens is 370 g/mol. The Hall–Kier alpha value is -2.06. The van der Waals surface area contributed by atoms with Gasteiger partial charge in [0.2, 0.25) is 0 Å². The van der Waals surface area contributed by atoms with Gasteiger partial charge in [0.25, 0.3) is 0 Å². The van der Waals surface area contributed by atoms with Gasteiger partial charge in [-0.05, 0) is 31.6 Å². The lowest BCUT2D eigenvalue weighted by Crippen LogP contribution is -2.35. The first kappa shape index (κ1) is 19.3. The van der Waals surface area contributed by atoms with Crippen LogP contribution in [-0.2, 0) is 13.0 Å². The molecule has 4 rings (SSSR count). The van der Waals surface area contributed by atoms with Crippen LogP contribution >= 0.6 is 11.3 Å². The predicted molar refractivity (Wildman–Crippen MR) is 115 cm³/mol. The third-order valence-electron chi connectivity index (χ3n) is 5.27. The molecule has 6 nitrogen and oxygen atoms in total. The zero-order valence-corrected chi connectivity index (χ0v) is 17.2. The van der Waals surface area contributed by atoms with E-state index in [2.05, 4.69) is 39.2 Å². The van der Waals surface area contributed by atoms with E-state index in [4.69, 9.17) is 0 Å². The number of aliphatic hydroxyl groups excluding tert-OH is 1. The Balaban J connectivity index is 1.61. The number of benzene rings is 1. The quantitative estimate of drug-likeness (QED) is 0.639. The minimum atomic E-state index is -0.185. The molecule has 3 aromatic rings. The van der Waals surface area contributed by atoms with Crippen molar-refractivity contribution < 1.29 is 5.11 Å². The van der Waals surface area contributed by atoms with Crippen LogP contribution in [0.4, 0.5) is 5.82 Å². The van der Waals surface area contributed by atoms with Crippen LogP contribution in [0.1, 0.15) is 22.0 Å². The molecule has 0 amide bonds. The maximum absolute atomic E-state index is 9.93. The van der Waals surface area contributed by atoms with E-state index in [-0.39, 0.29) is 12.6 Å². The summed E-state index contributed by atoms with van der Waals surface area (Å²) in [7, 11) is 4.24. The Morgan fingerprint density at radius 1 is 1.25 bits per heavy atom. The SMILES string of the molecule is CN(C)CCN1CCc2c(sc3ncnc(NC(CO)c4ccccc4)c23)C1. The number of nitrogens with zero attached hydrogens (tertiary/aromatic N) is 4. The average molecular weight is 398 g/mol. The van der Waals surface area contributed by atoms with E-state index >= 15 is 0 Å². The Kier molecular flexibility index (Phi) is 5.87. The first-order valence-electron chi connectivity index (χ1n) is 9.70. The van der Waals surface area contributed by atoms with E-state index in [9.17, 15) is 5.11 Å². The summed E-state index contributed by atoms with van der Waals surface area (Å²) in [6.45, 7) is 4.20. The summed E-state index contributed by atoms with van der Waals surface area (Å²) >= 11 is 1.77. The Bertz CT molecular complexity index is 927. The van der Waals surface area contributed by atoms with Crippen molar-refractivity contribution in [2.45, 2.75) is 19.0 Å². The van der Waals surface area contributed by atoms with E-state index in [0.717, 1.165) is 54.2 Å². The van der Waals surface area contributed by atoms with Gasteiger partial charge in [0, 0.05) is 31.1 Å². The lowest BCUT2D eigenvalue weighted by molar-refractivity contribution is 0.228. The molecule has 148 valence electrons. The van der Waals surface area contributed by atoms with E-state index in [0.29, 0.717) is 0 Å². The van der Waals surface area contributed by atoms with Crippen LogP contribution in [0.5, 0.6) is 0 Å². The molecular formula is C21H27N5OS. The maximum atomic E-state index is 9.93. The molecule has 3 heterocycles. The van der Waals surface area contributed by atoms with E-state index in [1.165, 1.54) is 10.4 Å². The fraction of sp³-hybridized carbons (Fsp3) is 0.429. The Morgan fingerprint density at radius 2 is 2.07 bits per heavy atom. The van der Waals surface area contributed by atoms with Crippen molar-refractivity contribution in [3.63, 3.8) is 0 Å². The van der Waals surface area contributed by atoms with Crippen LogP contribution < -0.4 is 5.32 Å². The Labute approximate surface area is 169 Å². The second-order valence-electron chi connectivity index (χ2n) is 7.53. The number of likely N-dealkylation sites (N-methyl/N-ethyl adjacent to an activating group) is 1. The van der Waals surface area contributed by atoms with Crippen LogP contribution in [0.3, 0.4) is 0 Å². The highest BCUT2D eigenvalue weighted by atomic mass is 32.1. The van der Waals surface area contributed by atoms with Crippen LogP contribution in [0.25, 0.3) is 10.2 Å². The molecule has 0 bridgehead atoms. The lowest BCUT2D eigenvalue weighted by Gasteiger charge is -2.28. The molecule has 7 heteroatoms. The number of nitrogens with one attached hydrogen (secondary N) is 1. The molecule has 0 fully saturated rings. The van der Waals surface area contributed by atoms with Crippen molar-refractivity contribution >= 4 is 27.4 Å². The molecule has 1 aliphatic heterocycles. The number of aromatic nitrogens is 2. The highest BCUT2D eigenvalue weighted by Gasteiger charge is 2.24. The number of hydrogen-bond donors (Lipinski definition) is 2. The Morgan fingerprint density at radius 3 is 2.82 bits per heavy atom. The van der Waals surface area contributed by atoms with E-state index < -0.39 is 0 Å². The molecule has 0 aliphatic carbocycles. The summed E-state index contributed by atoms with van der Waals surface area (Å²) in [4.78, 5) is 16.2. The third-order valence-corrected chi connectivity index (χ3v) is 6.40. The number of anilines is 1. The van der Waals surface area contributed by atoms with Crippen molar-refractivity contribution in [2.75, 3.05) is 45.7 Å². The first-order valence-corrected chi connectivity index (χ1v) is 10.5. The summed E-state index contributed by atoms with van der Waals surface area (Å²) in [6.07, 6.45) is 2.63. The summed E-state index contributed by atoms with van der Waals surface area (Å²) in [5.74, 6) is 0.826. The molecule has 28 heavy (non-hydrogen) atoms. The van der Waals surface area contributed by atoms with Gasteiger partial charge in [0.1, 0.15) is 17.0 Å². The number of rotatable bonds is 7. The lowest BCUT2D eigenvalue weighted by atomic mass is 10.0. The largest absolute Gasteiger partial charge is 0.394 e. The van der Waals surface area contributed by atoms with Gasteiger partial charge in [-0.2, -0.15) is 0 Å². The molecule has 2 N–H and O–H groups in total. The summed E-state index contributed by atoms with van der Waals surface area (Å²) in [6, 6.07) is 9.83. The van der Waals surface area contributed by atoms with Crippen molar-refractivity contribution in [3.05, 3.63) is 52.7 Å². The number of thiophene rings is 1. The van der Waals surface area contributed by atoms with Gasteiger partial charge in [0.15, 0.2) is 0 Å². The van der Waals surface area contributed by atoms with Crippen molar-refractivity contribution in [1.82, 2.24) is 19.8 Å². The summed E-state index contributed by atoms with van der Waals surface area (Å²) < 4.78 is 0. The maximum Gasteiger partial charge on any atom is 0.139 e. The molecule has 1 unspecified atom stereocenters. The monoisotopic (exact) mass is 397 g/mol. The van der Waals surface area contributed by atoms with Crippen LogP contribution in [0.2, 0.25) is 0 Å². The molecule has 0 radical (unpaired) electrons. The van der Waals surface area contributed by atoms with Gasteiger partial charge >= 0.3 is 0 Å². The van der Waals surface area contributed by atoms with E-state index in [1.54, 1.807) is 17.7 Å². The fourth-order valence-electron chi connectivity index (χ4n) is 3.71. The van der Waals surface area contributed by atoms with Crippen LogP contribution in [0, 0.1) is 0 Å². The standard InChI is InChI=1S/C21H27N5OS/c1-25(2)10-11-26-9-8-16-18(12-26)28-21-19(16)20(22-14-23-21)24-17(13-27)15-6-4-3-5-7-15/h3-7,14,17,27H,8-13H2,1-2H3,(H,22,23,24). The summed E-state index contributed by atoms with van der Waals surface area (Å²) in [5.41, 5.74) is 2.42. The first-order chi connectivity index (χ1) is 13.7.